The molecule has 2 aromatic heterocycles. The Labute approximate surface area is 156 Å². The van der Waals surface area contributed by atoms with Crippen molar-refractivity contribution in [2.24, 2.45) is 7.05 Å². The lowest BCUT2D eigenvalue weighted by Crippen LogP contribution is -2.43. The number of fused-ring (bicyclic) bond motifs is 1. The normalized spacial score (nSPS) is 16.3. The summed E-state index contributed by atoms with van der Waals surface area (Å²) in [5, 5.41) is 0.183. The van der Waals surface area contributed by atoms with Gasteiger partial charge in [-0.3, -0.25) is 9.13 Å². The van der Waals surface area contributed by atoms with Crippen molar-refractivity contribution in [3.05, 3.63) is 21.8 Å². The minimum absolute atomic E-state index is 0.0642. The molecule has 0 atom stereocenters. The lowest BCUT2D eigenvalue weighted by molar-refractivity contribution is 0.0188. The number of pyridine rings is 1. The van der Waals surface area contributed by atoms with Crippen LogP contribution in [0.4, 0.5) is 10.5 Å². The zero-order valence-electron chi connectivity index (χ0n) is 15.5. The molecule has 2 N–H and O–H groups in total. The average Bonchev–Trinajstić information content (AvgIpc) is 2.82. The van der Waals surface area contributed by atoms with E-state index in [4.69, 9.17) is 22.1 Å². The standard InChI is InChI=1S/C17H24ClN5O3/c1-17(2,3)26-16(25)22-7-5-10(6-8-22)23-13-11(21(4)15(23)24)9-20-14(18)12(13)19/h9-10H,5-8,19H2,1-4H3. The van der Waals surface area contributed by atoms with Crippen LogP contribution in [0.3, 0.4) is 0 Å². The number of nitrogen functional groups attached to an aromatic ring is 1. The topological polar surface area (TPSA) is 95.4 Å². The van der Waals surface area contributed by atoms with Gasteiger partial charge in [0.15, 0.2) is 5.15 Å². The number of likely N-dealkylation sites (tertiary alicyclic amines) is 1. The number of carbonyl (C=O) groups is 1. The Bertz CT molecular complexity index is 904. The Morgan fingerprint density at radius 2 is 1.96 bits per heavy atom. The number of rotatable bonds is 1. The molecule has 1 amide bonds. The number of halogens is 1. The molecular weight excluding hydrogens is 358 g/mol. The van der Waals surface area contributed by atoms with E-state index in [2.05, 4.69) is 4.98 Å². The largest absolute Gasteiger partial charge is 0.444 e. The van der Waals surface area contributed by atoms with Crippen LogP contribution in [0.2, 0.25) is 5.15 Å². The number of hydrogen-bond donors (Lipinski definition) is 1. The van der Waals surface area contributed by atoms with Gasteiger partial charge in [0.2, 0.25) is 0 Å². The van der Waals surface area contributed by atoms with Crippen molar-refractivity contribution in [1.29, 1.82) is 0 Å². The lowest BCUT2D eigenvalue weighted by atomic mass is 10.0. The SMILES string of the molecule is Cn1c(=O)n(C2CCN(C(=O)OC(C)(C)C)CC2)c2c(N)c(Cl)ncc21. The second kappa shape index (κ2) is 6.50. The number of aryl methyl sites for hydroxylation is 1. The summed E-state index contributed by atoms with van der Waals surface area (Å²) in [5.74, 6) is 0. The number of ether oxygens (including phenoxy) is 1. The molecule has 0 spiro atoms. The van der Waals surface area contributed by atoms with Gasteiger partial charge in [0.25, 0.3) is 0 Å². The van der Waals surface area contributed by atoms with Gasteiger partial charge in [0.1, 0.15) is 5.60 Å². The quantitative estimate of drug-likeness (QED) is 0.766. The summed E-state index contributed by atoms with van der Waals surface area (Å²) < 4.78 is 8.63. The fourth-order valence-electron chi connectivity index (χ4n) is 3.31. The molecule has 3 heterocycles. The number of nitrogens with two attached hydrogens (primary N) is 1. The van der Waals surface area contributed by atoms with Gasteiger partial charge < -0.3 is 15.4 Å². The van der Waals surface area contributed by atoms with Gasteiger partial charge in [-0.2, -0.15) is 0 Å². The molecule has 1 saturated heterocycles. The molecule has 0 aromatic carbocycles. The summed E-state index contributed by atoms with van der Waals surface area (Å²) in [6.07, 6.45) is 2.50. The monoisotopic (exact) mass is 381 g/mol. The Morgan fingerprint density at radius 1 is 1.35 bits per heavy atom. The molecule has 1 fully saturated rings. The van der Waals surface area contributed by atoms with E-state index in [1.54, 1.807) is 22.7 Å². The summed E-state index contributed by atoms with van der Waals surface area (Å²) in [7, 11) is 1.69. The number of hydrogen-bond acceptors (Lipinski definition) is 5. The van der Waals surface area contributed by atoms with E-state index in [1.165, 1.54) is 4.57 Å². The van der Waals surface area contributed by atoms with Crippen molar-refractivity contribution in [1.82, 2.24) is 19.0 Å². The van der Waals surface area contributed by atoms with Gasteiger partial charge >= 0.3 is 11.8 Å². The molecular formula is C17H24ClN5O3. The van der Waals surface area contributed by atoms with Crippen LogP contribution < -0.4 is 11.4 Å². The molecule has 2 aromatic rings. The summed E-state index contributed by atoms with van der Waals surface area (Å²) in [6.45, 7) is 6.55. The highest BCUT2D eigenvalue weighted by molar-refractivity contribution is 6.33. The Kier molecular flexibility index (Phi) is 4.64. The number of carbonyl (C=O) groups excluding carboxylic acids is 1. The first-order chi connectivity index (χ1) is 12.1. The second-order valence-electron chi connectivity index (χ2n) is 7.61. The van der Waals surface area contributed by atoms with Crippen LogP contribution in [0.1, 0.15) is 39.7 Å². The van der Waals surface area contributed by atoms with Gasteiger partial charge in [-0.25, -0.2) is 14.6 Å². The fraction of sp³-hybridized carbons (Fsp3) is 0.588. The highest BCUT2D eigenvalue weighted by atomic mass is 35.5. The number of anilines is 1. The number of aromatic nitrogens is 3. The van der Waals surface area contributed by atoms with Crippen LogP contribution in [0.25, 0.3) is 11.0 Å². The van der Waals surface area contributed by atoms with E-state index in [0.717, 1.165) is 0 Å². The number of imidazole rings is 1. The minimum Gasteiger partial charge on any atom is -0.444 e. The summed E-state index contributed by atoms with van der Waals surface area (Å²) in [4.78, 5) is 30.7. The predicted octanol–water partition coefficient (Wildman–Crippen LogP) is 2.54. The molecule has 0 unspecified atom stereocenters. The fourth-order valence-corrected chi connectivity index (χ4v) is 3.45. The maximum Gasteiger partial charge on any atom is 0.410 e. The molecule has 1 aliphatic heterocycles. The van der Waals surface area contributed by atoms with Gasteiger partial charge in [-0.1, -0.05) is 11.6 Å². The Balaban J connectivity index is 1.87. The molecule has 0 aliphatic carbocycles. The lowest BCUT2D eigenvalue weighted by Gasteiger charge is -2.33. The Hall–Kier alpha value is -2.22. The van der Waals surface area contributed by atoms with E-state index in [0.29, 0.717) is 42.7 Å². The van der Waals surface area contributed by atoms with Crippen LogP contribution in [-0.2, 0) is 11.8 Å². The maximum atomic E-state index is 12.7. The van der Waals surface area contributed by atoms with Crippen molar-refractivity contribution in [2.75, 3.05) is 18.8 Å². The zero-order chi connectivity index (χ0) is 19.2. The second-order valence-corrected chi connectivity index (χ2v) is 7.96. The van der Waals surface area contributed by atoms with E-state index >= 15 is 0 Å². The van der Waals surface area contributed by atoms with Crippen LogP contribution >= 0.6 is 11.6 Å². The number of nitrogens with zero attached hydrogens (tertiary/aromatic N) is 4. The van der Waals surface area contributed by atoms with Gasteiger partial charge in [-0.05, 0) is 33.6 Å². The third-order valence-corrected chi connectivity index (χ3v) is 4.90. The van der Waals surface area contributed by atoms with Gasteiger partial charge in [0, 0.05) is 26.2 Å². The van der Waals surface area contributed by atoms with E-state index in [-0.39, 0.29) is 23.0 Å². The van der Waals surface area contributed by atoms with Crippen LogP contribution in [0, 0.1) is 0 Å². The van der Waals surface area contributed by atoms with Gasteiger partial charge in [-0.15, -0.1) is 0 Å². The smallest absolute Gasteiger partial charge is 0.410 e. The minimum atomic E-state index is -0.529. The predicted molar refractivity (Wildman–Crippen MR) is 100 cm³/mol. The van der Waals surface area contributed by atoms with Gasteiger partial charge in [0.05, 0.1) is 22.9 Å². The molecule has 0 radical (unpaired) electrons. The molecule has 142 valence electrons. The maximum absolute atomic E-state index is 12.7. The van der Waals surface area contributed by atoms with Crippen molar-refractivity contribution < 1.29 is 9.53 Å². The molecule has 3 rings (SSSR count). The summed E-state index contributed by atoms with van der Waals surface area (Å²) in [6, 6.07) is -0.0642. The number of amides is 1. The third kappa shape index (κ3) is 3.25. The average molecular weight is 382 g/mol. The van der Waals surface area contributed by atoms with Crippen molar-refractivity contribution in [3.63, 3.8) is 0 Å². The molecule has 1 aliphatic rings. The third-order valence-electron chi connectivity index (χ3n) is 4.60. The molecule has 8 nitrogen and oxygen atoms in total. The van der Waals surface area contributed by atoms with Crippen molar-refractivity contribution in [3.8, 4) is 0 Å². The highest BCUT2D eigenvalue weighted by Crippen LogP contribution is 2.31. The van der Waals surface area contributed by atoms with E-state index in [9.17, 15) is 9.59 Å². The number of piperidine rings is 1. The van der Waals surface area contributed by atoms with E-state index in [1.807, 2.05) is 20.8 Å². The molecule has 0 saturated carbocycles. The molecule has 26 heavy (non-hydrogen) atoms. The van der Waals surface area contributed by atoms with Crippen molar-refractivity contribution in [2.45, 2.75) is 45.3 Å². The Morgan fingerprint density at radius 3 is 2.54 bits per heavy atom. The zero-order valence-corrected chi connectivity index (χ0v) is 16.2. The van der Waals surface area contributed by atoms with Crippen LogP contribution in [0.15, 0.2) is 11.0 Å². The first kappa shape index (κ1) is 18.6. The summed E-state index contributed by atoms with van der Waals surface area (Å²) >= 11 is 6.06. The van der Waals surface area contributed by atoms with Crippen LogP contribution in [-0.4, -0.2) is 43.8 Å². The van der Waals surface area contributed by atoms with Crippen molar-refractivity contribution >= 4 is 34.4 Å². The molecule has 9 heteroatoms. The first-order valence-corrected chi connectivity index (χ1v) is 8.96. The summed E-state index contributed by atoms with van der Waals surface area (Å²) in [5.41, 5.74) is 6.96. The van der Waals surface area contributed by atoms with E-state index < -0.39 is 5.60 Å². The van der Waals surface area contributed by atoms with Crippen LogP contribution in [0.5, 0.6) is 0 Å². The first-order valence-electron chi connectivity index (χ1n) is 8.59. The molecule has 0 bridgehead atoms. The highest BCUT2D eigenvalue weighted by Gasteiger charge is 2.30.